The number of carbonyl (C=O) groups excluding carboxylic acids is 1. The van der Waals surface area contributed by atoms with E-state index < -0.39 is 0 Å². The minimum atomic E-state index is -0.209. The summed E-state index contributed by atoms with van der Waals surface area (Å²) in [6, 6.07) is 5.52. The highest BCUT2D eigenvalue weighted by Gasteiger charge is 2.11. The second-order valence-electron chi connectivity index (χ2n) is 4.41. The van der Waals surface area contributed by atoms with Crippen LogP contribution in [0, 0.1) is 18.8 Å². The lowest BCUT2D eigenvalue weighted by Gasteiger charge is -2.06. The SMILES string of the molecule is Cc1ccc(C(=O)Nc2cnn(C)c2)c(C#CCN)c1. The minimum absolute atomic E-state index is 0.209. The molecule has 0 saturated heterocycles. The fourth-order valence-corrected chi connectivity index (χ4v) is 1.79. The number of benzene rings is 1. The molecule has 0 aliphatic rings. The summed E-state index contributed by atoms with van der Waals surface area (Å²) in [7, 11) is 1.79. The predicted octanol–water partition coefficient (Wildman–Crippen LogP) is 1.29. The van der Waals surface area contributed by atoms with Gasteiger partial charge in [0, 0.05) is 18.8 Å². The molecular formula is C15H16N4O. The van der Waals surface area contributed by atoms with Crippen molar-refractivity contribution in [2.45, 2.75) is 6.92 Å². The summed E-state index contributed by atoms with van der Waals surface area (Å²) < 4.78 is 1.62. The molecule has 1 amide bonds. The van der Waals surface area contributed by atoms with Gasteiger partial charge in [0.05, 0.1) is 24.0 Å². The smallest absolute Gasteiger partial charge is 0.257 e. The van der Waals surface area contributed by atoms with Gasteiger partial charge in [-0.2, -0.15) is 5.10 Å². The summed E-state index contributed by atoms with van der Waals surface area (Å²) in [5.74, 6) is 5.50. The van der Waals surface area contributed by atoms with Crippen LogP contribution in [0.1, 0.15) is 21.5 Å². The molecule has 0 spiro atoms. The summed E-state index contributed by atoms with van der Waals surface area (Å²) >= 11 is 0. The molecule has 1 heterocycles. The third kappa shape index (κ3) is 3.25. The van der Waals surface area contributed by atoms with Crippen molar-refractivity contribution in [1.82, 2.24) is 9.78 Å². The Balaban J connectivity index is 2.29. The molecule has 0 fully saturated rings. The second kappa shape index (κ2) is 6.04. The normalized spacial score (nSPS) is 9.75. The van der Waals surface area contributed by atoms with Crippen molar-refractivity contribution in [3.63, 3.8) is 0 Å². The zero-order chi connectivity index (χ0) is 14.5. The van der Waals surface area contributed by atoms with Crippen LogP contribution in [0.2, 0.25) is 0 Å². The van der Waals surface area contributed by atoms with E-state index in [-0.39, 0.29) is 12.5 Å². The molecule has 0 radical (unpaired) electrons. The average Bonchev–Trinajstić information content (AvgIpc) is 2.81. The summed E-state index contributed by atoms with van der Waals surface area (Å²) in [5, 5.41) is 6.80. The molecule has 1 aromatic heterocycles. The molecule has 0 atom stereocenters. The number of hydrogen-bond acceptors (Lipinski definition) is 3. The summed E-state index contributed by atoms with van der Waals surface area (Å²) in [6.07, 6.45) is 3.33. The van der Waals surface area contributed by atoms with E-state index in [0.717, 1.165) is 5.56 Å². The summed E-state index contributed by atoms with van der Waals surface area (Å²) in [4.78, 5) is 12.3. The topological polar surface area (TPSA) is 72.9 Å². The van der Waals surface area contributed by atoms with Gasteiger partial charge in [-0.15, -0.1) is 0 Å². The molecule has 2 rings (SSSR count). The highest BCUT2D eigenvalue weighted by atomic mass is 16.1. The van der Waals surface area contributed by atoms with Crippen molar-refractivity contribution in [3.05, 3.63) is 47.3 Å². The van der Waals surface area contributed by atoms with Gasteiger partial charge in [0.2, 0.25) is 0 Å². The first-order chi connectivity index (χ1) is 9.60. The van der Waals surface area contributed by atoms with Crippen LogP contribution in [-0.2, 0) is 7.05 Å². The molecule has 1 aromatic carbocycles. The Labute approximate surface area is 117 Å². The molecule has 2 aromatic rings. The van der Waals surface area contributed by atoms with Crippen LogP contribution in [0.15, 0.2) is 30.6 Å². The lowest BCUT2D eigenvalue weighted by atomic mass is 10.0. The van der Waals surface area contributed by atoms with Gasteiger partial charge in [-0.05, 0) is 24.6 Å². The largest absolute Gasteiger partial charge is 0.320 e. The van der Waals surface area contributed by atoms with Crippen molar-refractivity contribution in [2.24, 2.45) is 12.8 Å². The fourth-order valence-electron chi connectivity index (χ4n) is 1.79. The fraction of sp³-hybridized carbons (Fsp3) is 0.200. The van der Waals surface area contributed by atoms with Crippen molar-refractivity contribution in [3.8, 4) is 11.8 Å². The van der Waals surface area contributed by atoms with Gasteiger partial charge in [-0.25, -0.2) is 0 Å². The number of aryl methyl sites for hydroxylation is 2. The number of hydrogen-bond donors (Lipinski definition) is 2. The van der Waals surface area contributed by atoms with Gasteiger partial charge in [0.15, 0.2) is 0 Å². The second-order valence-corrected chi connectivity index (χ2v) is 4.41. The molecule has 3 N–H and O–H groups in total. The molecule has 0 bridgehead atoms. The van der Waals surface area contributed by atoms with E-state index in [1.54, 1.807) is 30.2 Å². The number of amides is 1. The maximum atomic E-state index is 12.3. The van der Waals surface area contributed by atoms with E-state index in [1.807, 2.05) is 19.1 Å². The third-order valence-corrected chi connectivity index (χ3v) is 2.71. The van der Waals surface area contributed by atoms with Crippen LogP contribution in [0.3, 0.4) is 0 Å². The van der Waals surface area contributed by atoms with E-state index in [9.17, 15) is 4.79 Å². The van der Waals surface area contributed by atoms with Gasteiger partial charge < -0.3 is 11.1 Å². The van der Waals surface area contributed by atoms with Crippen molar-refractivity contribution >= 4 is 11.6 Å². The molecule has 0 aliphatic heterocycles. The lowest BCUT2D eigenvalue weighted by Crippen LogP contribution is -2.13. The van der Waals surface area contributed by atoms with Crippen molar-refractivity contribution < 1.29 is 4.79 Å². The number of rotatable bonds is 2. The van der Waals surface area contributed by atoms with E-state index >= 15 is 0 Å². The van der Waals surface area contributed by atoms with Crippen LogP contribution < -0.4 is 11.1 Å². The van der Waals surface area contributed by atoms with Crippen LogP contribution in [-0.4, -0.2) is 22.2 Å². The summed E-state index contributed by atoms with van der Waals surface area (Å²) in [6.45, 7) is 2.22. The zero-order valence-electron chi connectivity index (χ0n) is 11.5. The molecule has 0 saturated carbocycles. The van der Waals surface area contributed by atoms with E-state index in [1.165, 1.54) is 0 Å². The predicted molar refractivity (Wildman–Crippen MR) is 78.3 cm³/mol. The van der Waals surface area contributed by atoms with Crippen LogP contribution in [0.25, 0.3) is 0 Å². The van der Waals surface area contributed by atoms with Crippen molar-refractivity contribution in [1.29, 1.82) is 0 Å². The number of nitrogens with one attached hydrogen (secondary N) is 1. The van der Waals surface area contributed by atoms with Crippen LogP contribution in [0.4, 0.5) is 5.69 Å². The average molecular weight is 268 g/mol. The van der Waals surface area contributed by atoms with E-state index in [2.05, 4.69) is 22.3 Å². The number of nitrogens with zero attached hydrogens (tertiary/aromatic N) is 2. The Morgan fingerprint density at radius 2 is 2.30 bits per heavy atom. The molecule has 5 nitrogen and oxygen atoms in total. The monoisotopic (exact) mass is 268 g/mol. The molecule has 102 valence electrons. The Hall–Kier alpha value is -2.58. The Morgan fingerprint density at radius 3 is 2.95 bits per heavy atom. The maximum Gasteiger partial charge on any atom is 0.257 e. The Morgan fingerprint density at radius 1 is 1.50 bits per heavy atom. The van der Waals surface area contributed by atoms with Gasteiger partial charge in [-0.3, -0.25) is 9.48 Å². The van der Waals surface area contributed by atoms with Gasteiger partial charge >= 0.3 is 0 Å². The standard InChI is InChI=1S/C15H16N4O/c1-11-5-6-14(12(8-11)4-3-7-16)15(20)18-13-9-17-19(2)10-13/h5-6,8-10H,7,16H2,1-2H3,(H,18,20). The molecule has 0 unspecified atom stereocenters. The van der Waals surface area contributed by atoms with Gasteiger partial charge in [-0.1, -0.05) is 17.9 Å². The Bertz CT molecular complexity index is 691. The quantitative estimate of drug-likeness (QED) is 0.806. The minimum Gasteiger partial charge on any atom is -0.320 e. The first-order valence-electron chi connectivity index (χ1n) is 6.19. The molecule has 20 heavy (non-hydrogen) atoms. The summed E-state index contributed by atoms with van der Waals surface area (Å²) in [5.41, 5.74) is 8.28. The zero-order valence-corrected chi connectivity index (χ0v) is 11.5. The van der Waals surface area contributed by atoms with E-state index in [4.69, 9.17) is 5.73 Å². The number of anilines is 1. The number of aromatic nitrogens is 2. The third-order valence-electron chi connectivity index (χ3n) is 2.71. The lowest BCUT2D eigenvalue weighted by molar-refractivity contribution is 0.102. The number of carbonyl (C=O) groups is 1. The highest BCUT2D eigenvalue weighted by Crippen LogP contribution is 2.13. The first-order valence-corrected chi connectivity index (χ1v) is 6.19. The maximum absolute atomic E-state index is 12.3. The Kier molecular flexibility index (Phi) is 4.18. The molecule has 5 heteroatoms. The first kappa shape index (κ1) is 13.8. The van der Waals surface area contributed by atoms with E-state index in [0.29, 0.717) is 16.8 Å². The van der Waals surface area contributed by atoms with Crippen molar-refractivity contribution in [2.75, 3.05) is 11.9 Å². The highest BCUT2D eigenvalue weighted by molar-refractivity contribution is 6.05. The van der Waals surface area contributed by atoms with Crippen LogP contribution in [0.5, 0.6) is 0 Å². The molecule has 0 aliphatic carbocycles. The van der Waals surface area contributed by atoms with Gasteiger partial charge in [0.1, 0.15) is 0 Å². The van der Waals surface area contributed by atoms with Crippen LogP contribution >= 0.6 is 0 Å². The van der Waals surface area contributed by atoms with Gasteiger partial charge in [0.25, 0.3) is 5.91 Å². The molecular weight excluding hydrogens is 252 g/mol. The number of nitrogens with two attached hydrogens (primary N) is 1.